The standard InChI is InChI=1S/C24H21FN4O6S2/c1-14(2)13-37(32,33)24-29-28-23(36-24)27-21(30)16(12-26)10-15-8-9-19(20(11-15)34-3)35-22(31)17-6-4-5-7-18(17)25/h4-11,14H,13H2,1-3H3,(H,27,28,30). The van der Waals surface area contributed by atoms with E-state index in [0.717, 1.165) is 6.07 Å². The van der Waals surface area contributed by atoms with Crippen molar-refractivity contribution in [1.82, 2.24) is 10.2 Å². The Kier molecular flexibility index (Phi) is 8.69. The largest absolute Gasteiger partial charge is 0.493 e. The number of anilines is 1. The number of ether oxygens (including phenoxy) is 2. The number of carbonyl (C=O) groups excluding carboxylic acids is 2. The zero-order valence-electron chi connectivity index (χ0n) is 19.9. The average Bonchev–Trinajstić information content (AvgIpc) is 3.32. The molecule has 0 bridgehead atoms. The van der Waals surface area contributed by atoms with Crippen molar-refractivity contribution in [2.24, 2.45) is 5.92 Å². The summed E-state index contributed by atoms with van der Waals surface area (Å²) in [4.78, 5) is 24.9. The molecule has 0 radical (unpaired) electrons. The molecule has 1 aromatic heterocycles. The monoisotopic (exact) mass is 544 g/mol. The first-order valence-electron chi connectivity index (χ1n) is 10.7. The van der Waals surface area contributed by atoms with Gasteiger partial charge in [-0.1, -0.05) is 43.4 Å². The molecule has 1 amide bonds. The van der Waals surface area contributed by atoms with Crippen LogP contribution in [0, 0.1) is 23.1 Å². The summed E-state index contributed by atoms with van der Waals surface area (Å²) in [6.07, 6.45) is 1.25. The van der Waals surface area contributed by atoms with E-state index < -0.39 is 27.5 Å². The second kappa shape index (κ2) is 11.7. The fourth-order valence-corrected chi connectivity index (χ4v) is 5.62. The lowest BCUT2D eigenvalue weighted by atomic mass is 10.1. The minimum Gasteiger partial charge on any atom is -0.493 e. The molecular weight excluding hydrogens is 523 g/mol. The first-order chi connectivity index (χ1) is 17.5. The zero-order chi connectivity index (χ0) is 27.2. The molecule has 0 aliphatic heterocycles. The molecule has 1 heterocycles. The Morgan fingerprint density at radius 3 is 2.57 bits per heavy atom. The minimum atomic E-state index is -3.65. The molecular formula is C24H21FN4O6S2. The Balaban J connectivity index is 1.77. The summed E-state index contributed by atoms with van der Waals surface area (Å²) in [5.74, 6) is -2.64. The topological polar surface area (TPSA) is 148 Å². The van der Waals surface area contributed by atoms with E-state index in [-0.39, 0.29) is 43.8 Å². The van der Waals surface area contributed by atoms with Gasteiger partial charge in [0, 0.05) is 0 Å². The minimum absolute atomic E-state index is 0.000131. The van der Waals surface area contributed by atoms with E-state index >= 15 is 0 Å². The Hall–Kier alpha value is -4.15. The number of methoxy groups -OCH3 is 1. The van der Waals surface area contributed by atoms with Crippen molar-refractivity contribution in [2.45, 2.75) is 18.2 Å². The van der Waals surface area contributed by atoms with Crippen molar-refractivity contribution in [3.05, 3.63) is 65.0 Å². The van der Waals surface area contributed by atoms with Gasteiger partial charge in [-0.05, 0) is 41.8 Å². The highest BCUT2D eigenvalue weighted by molar-refractivity contribution is 7.93. The number of nitrogens with zero attached hydrogens (tertiary/aromatic N) is 3. The molecule has 0 saturated carbocycles. The van der Waals surface area contributed by atoms with Gasteiger partial charge in [-0.25, -0.2) is 17.6 Å². The van der Waals surface area contributed by atoms with Crippen molar-refractivity contribution >= 4 is 44.3 Å². The van der Waals surface area contributed by atoms with Crippen LogP contribution in [0.15, 0.2) is 52.4 Å². The first kappa shape index (κ1) is 27.4. The average molecular weight is 545 g/mol. The van der Waals surface area contributed by atoms with Crippen LogP contribution in [0.5, 0.6) is 11.5 Å². The fraction of sp³-hybridized carbons (Fsp3) is 0.208. The lowest BCUT2D eigenvalue weighted by Gasteiger charge is -2.10. The molecule has 3 aromatic rings. The number of nitriles is 1. The Morgan fingerprint density at radius 1 is 1.19 bits per heavy atom. The molecule has 0 aliphatic carbocycles. The molecule has 2 aromatic carbocycles. The van der Waals surface area contributed by atoms with Gasteiger partial charge in [0.05, 0.1) is 18.4 Å². The third kappa shape index (κ3) is 6.96. The SMILES string of the molecule is COc1cc(C=C(C#N)C(=O)Nc2nnc(S(=O)(=O)CC(C)C)s2)ccc1OC(=O)c1ccccc1F. The third-order valence-electron chi connectivity index (χ3n) is 4.61. The van der Waals surface area contributed by atoms with Gasteiger partial charge in [0.2, 0.25) is 19.3 Å². The molecule has 0 saturated heterocycles. The lowest BCUT2D eigenvalue weighted by molar-refractivity contribution is -0.112. The number of hydrogen-bond acceptors (Lipinski definition) is 10. The number of hydrogen-bond donors (Lipinski definition) is 1. The molecule has 10 nitrogen and oxygen atoms in total. The van der Waals surface area contributed by atoms with E-state index in [9.17, 15) is 27.7 Å². The van der Waals surface area contributed by atoms with Gasteiger partial charge in [-0.15, -0.1) is 10.2 Å². The predicted molar refractivity (Wildman–Crippen MR) is 133 cm³/mol. The van der Waals surface area contributed by atoms with Crippen LogP contribution in [0.4, 0.5) is 9.52 Å². The van der Waals surface area contributed by atoms with Crippen molar-refractivity contribution in [3.63, 3.8) is 0 Å². The van der Waals surface area contributed by atoms with Gasteiger partial charge in [-0.3, -0.25) is 10.1 Å². The Labute approximate surface area is 216 Å². The van der Waals surface area contributed by atoms with E-state index in [0.29, 0.717) is 16.9 Å². The van der Waals surface area contributed by atoms with E-state index in [1.54, 1.807) is 19.9 Å². The quantitative estimate of drug-likeness (QED) is 0.139. The number of benzene rings is 2. The van der Waals surface area contributed by atoms with Gasteiger partial charge in [0.1, 0.15) is 17.5 Å². The van der Waals surface area contributed by atoms with Crippen molar-refractivity contribution in [1.29, 1.82) is 5.26 Å². The molecule has 3 rings (SSSR count). The summed E-state index contributed by atoms with van der Waals surface area (Å²) >= 11 is 0.683. The van der Waals surface area contributed by atoms with Crippen LogP contribution in [0.25, 0.3) is 6.08 Å². The van der Waals surface area contributed by atoms with E-state index in [1.807, 2.05) is 0 Å². The number of carbonyl (C=O) groups is 2. The van der Waals surface area contributed by atoms with Crippen molar-refractivity contribution in [2.75, 3.05) is 18.2 Å². The van der Waals surface area contributed by atoms with Gasteiger partial charge < -0.3 is 9.47 Å². The predicted octanol–water partition coefficient (Wildman–Crippen LogP) is 3.88. The number of nitrogens with one attached hydrogen (secondary N) is 1. The highest BCUT2D eigenvalue weighted by Gasteiger charge is 2.23. The molecule has 0 atom stereocenters. The maximum Gasteiger partial charge on any atom is 0.346 e. The van der Waals surface area contributed by atoms with Crippen LogP contribution in [0.1, 0.15) is 29.8 Å². The van der Waals surface area contributed by atoms with Gasteiger partial charge >= 0.3 is 5.97 Å². The van der Waals surface area contributed by atoms with Crippen molar-refractivity contribution in [3.8, 4) is 17.6 Å². The first-order valence-corrected chi connectivity index (χ1v) is 13.1. The normalized spacial score (nSPS) is 11.6. The summed E-state index contributed by atoms with van der Waals surface area (Å²) in [5.41, 5.74) is -0.222. The molecule has 37 heavy (non-hydrogen) atoms. The summed E-state index contributed by atoms with van der Waals surface area (Å²) in [5, 5.41) is 19.1. The van der Waals surface area contributed by atoms with E-state index in [2.05, 4.69) is 15.5 Å². The van der Waals surface area contributed by atoms with Gasteiger partial charge in [0.15, 0.2) is 11.5 Å². The Morgan fingerprint density at radius 2 is 1.92 bits per heavy atom. The lowest BCUT2D eigenvalue weighted by Crippen LogP contribution is -2.13. The molecule has 0 fully saturated rings. The van der Waals surface area contributed by atoms with Gasteiger partial charge in [0.25, 0.3) is 5.91 Å². The maximum atomic E-state index is 13.9. The molecule has 0 spiro atoms. The highest BCUT2D eigenvalue weighted by atomic mass is 32.2. The molecule has 0 unspecified atom stereocenters. The number of amides is 1. The molecule has 192 valence electrons. The highest BCUT2D eigenvalue weighted by Crippen LogP contribution is 2.30. The number of halogens is 1. The number of aromatic nitrogens is 2. The van der Waals surface area contributed by atoms with E-state index in [1.165, 1.54) is 49.6 Å². The maximum absolute atomic E-state index is 13.9. The van der Waals surface area contributed by atoms with Crippen LogP contribution in [-0.4, -0.2) is 43.4 Å². The Bertz CT molecular complexity index is 1510. The van der Waals surface area contributed by atoms with E-state index in [4.69, 9.17) is 9.47 Å². The number of esters is 1. The summed E-state index contributed by atoms with van der Waals surface area (Å²) < 4.78 is 48.7. The molecule has 1 N–H and O–H groups in total. The summed E-state index contributed by atoms with van der Waals surface area (Å²) in [6.45, 7) is 3.50. The summed E-state index contributed by atoms with van der Waals surface area (Å²) in [6, 6.07) is 11.3. The van der Waals surface area contributed by atoms with Crippen LogP contribution in [0.3, 0.4) is 0 Å². The fourth-order valence-electron chi connectivity index (χ4n) is 3.02. The second-order valence-corrected chi connectivity index (χ2v) is 11.1. The van der Waals surface area contributed by atoms with Crippen LogP contribution in [-0.2, 0) is 14.6 Å². The summed E-state index contributed by atoms with van der Waals surface area (Å²) in [7, 11) is -2.33. The number of rotatable bonds is 9. The molecule has 0 aliphatic rings. The van der Waals surface area contributed by atoms with Crippen LogP contribution < -0.4 is 14.8 Å². The third-order valence-corrected chi connectivity index (χ3v) is 7.97. The van der Waals surface area contributed by atoms with Crippen LogP contribution >= 0.6 is 11.3 Å². The van der Waals surface area contributed by atoms with Gasteiger partial charge in [-0.2, -0.15) is 5.26 Å². The van der Waals surface area contributed by atoms with Crippen LogP contribution in [0.2, 0.25) is 0 Å². The zero-order valence-corrected chi connectivity index (χ0v) is 21.5. The number of sulfone groups is 1. The molecule has 13 heteroatoms. The second-order valence-electron chi connectivity index (χ2n) is 7.95. The van der Waals surface area contributed by atoms with Crippen molar-refractivity contribution < 1.29 is 31.9 Å². The smallest absolute Gasteiger partial charge is 0.346 e.